The summed E-state index contributed by atoms with van der Waals surface area (Å²) in [6.07, 6.45) is 3.26. The van der Waals surface area contributed by atoms with Gasteiger partial charge in [0.2, 0.25) is 0 Å². The van der Waals surface area contributed by atoms with Crippen LogP contribution >= 0.6 is 0 Å². The summed E-state index contributed by atoms with van der Waals surface area (Å²) in [6, 6.07) is 6.34. The lowest BCUT2D eigenvalue weighted by atomic mass is 9.71. The molecule has 0 radical (unpaired) electrons. The lowest BCUT2D eigenvalue weighted by Crippen LogP contribution is -2.60. The van der Waals surface area contributed by atoms with E-state index in [4.69, 9.17) is 0 Å². The monoisotopic (exact) mass is 307 g/mol. The maximum atomic E-state index is 13.0. The first-order valence-electron chi connectivity index (χ1n) is 7.91. The molecular formula is C17H22FNO3. The minimum atomic E-state index is -1.20. The number of aliphatic carboxylic acids is 1. The van der Waals surface area contributed by atoms with Crippen molar-refractivity contribution in [3.8, 4) is 0 Å². The van der Waals surface area contributed by atoms with Crippen LogP contribution in [0.25, 0.3) is 0 Å². The third kappa shape index (κ3) is 2.75. The molecule has 1 aromatic rings. The van der Waals surface area contributed by atoms with Crippen LogP contribution in [-0.2, 0) is 11.2 Å². The van der Waals surface area contributed by atoms with E-state index in [1.54, 1.807) is 12.1 Å². The van der Waals surface area contributed by atoms with E-state index in [9.17, 15) is 19.4 Å². The molecule has 3 rings (SSSR count). The molecule has 120 valence electrons. The highest BCUT2D eigenvalue weighted by molar-refractivity contribution is 5.76. The first-order valence-corrected chi connectivity index (χ1v) is 7.91. The zero-order valence-electron chi connectivity index (χ0n) is 12.5. The summed E-state index contributed by atoms with van der Waals surface area (Å²) in [6.45, 7) is 1.12. The van der Waals surface area contributed by atoms with Crippen molar-refractivity contribution in [2.24, 2.45) is 5.41 Å². The number of rotatable bonds is 4. The maximum absolute atomic E-state index is 13.0. The quantitative estimate of drug-likeness (QED) is 0.894. The van der Waals surface area contributed by atoms with Crippen LogP contribution in [0.1, 0.15) is 31.2 Å². The molecule has 4 nitrogen and oxygen atoms in total. The molecule has 0 unspecified atom stereocenters. The van der Waals surface area contributed by atoms with Crippen LogP contribution in [0, 0.1) is 11.2 Å². The number of halogens is 1. The Morgan fingerprint density at radius 3 is 2.50 bits per heavy atom. The van der Waals surface area contributed by atoms with E-state index < -0.39 is 17.5 Å². The van der Waals surface area contributed by atoms with E-state index in [1.807, 2.05) is 0 Å². The van der Waals surface area contributed by atoms with Crippen molar-refractivity contribution in [2.75, 3.05) is 13.1 Å². The molecule has 1 aliphatic carbocycles. The van der Waals surface area contributed by atoms with Gasteiger partial charge in [0.1, 0.15) is 11.2 Å². The van der Waals surface area contributed by atoms with Crippen LogP contribution in [0.15, 0.2) is 24.3 Å². The molecule has 1 aliphatic heterocycles. The van der Waals surface area contributed by atoms with Gasteiger partial charge in [-0.2, -0.15) is 0 Å². The third-order valence-corrected chi connectivity index (χ3v) is 5.26. The zero-order chi connectivity index (χ0) is 15.7. The SMILES string of the molecule is O=C(O)[C@]1(Cc2ccc(F)cc2)CN(C2CCC2)CC[C@@H]1O. The highest BCUT2D eigenvalue weighted by Gasteiger charge is 2.50. The molecule has 1 saturated carbocycles. The Hall–Kier alpha value is -1.46. The Labute approximate surface area is 129 Å². The van der Waals surface area contributed by atoms with Gasteiger partial charge in [0.05, 0.1) is 6.10 Å². The van der Waals surface area contributed by atoms with Crippen molar-refractivity contribution in [3.05, 3.63) is 35.6 Å². The molecule has 22 heavy (non-hydrogen) atoms. The number of carboxylic acids is 1. The van der Waals surface area contributed by atoms with Gasteiger partial charge < -0.3 is 10.2 Å². The largest absolute Gasteiger partial charge is 0.481 e. The van der Waals surface area contributed by atoms with E-state index in [0.717, 1.165) is 24.9 Å². The summed E-state index contributed by atoms with van der Waals surface area (Å²) in [7, 11) is 0. The number of nitrogens with zero attached hydrogens (tertiary/aromatic N) is 1. The number of likely N-dealkylation sites (tertiary alicyclic amines) is 1. The average Bonchev–Trinajstić information content (AvgIpc) is 2.43. The number of hydrogen-bond donors (Lipinski definition) is 2. The number of carboxylic acid groups (broad SMARTS) is 1. The molecule has 1 aromatic carbocycles. The number of aliphatic hydroxyl groups excluding tert-OH is 1. The summed E-state index contributed by atoms with van der Waals surface area (Å²) in [5.74, 6) is -1.30. The standard InChI is InChI=1S/C17H22FNO3/c18-13-6-4-12(5-7-13)10-17(16(21)22)11-19(9-8-15(17)20)14-2-1-3-14/h4-7,14-15,20H,1-3,8-11H2,(H,21,22)/t15-,17+/m0/s1. The molecule has 1 saturated heterocycles. The Kier molecular flexibility index (Phi) is 4.19. The predicted molar refractivity (Wildman–Crippen MR) is 80.0 cm³/mol. The average molecular weight is 307 g/mol. The van der Waals surface area contributed by atoms with Gasteiger partial charge in [-0.15, -0.1) is 0 Å². The minimum Gasteiger partial charge on any atom is -0.481 e. The Morgan fingerprint density at radius 2 is 1.95 bits per heavy atom. The normalized spacial score (nSPS) is 30.0. The van der Waals surface area contributed by atoms with E-state index in [2.05, 4.69) is 4.90 Å². The molecule has 0 amide bonds. The van der Waals surface area contributed by atoms with Crippen molar-refractivity contribution in [3.63, 3.8) is 0 Å². The lowest BCUT2D eigenvalue weighted by Gasteiger charge is -2.48. The van der Waals surface area contributed by atoms with Crippen molar-refractivity contribution >= 4 is 5.97 Å². The molecule has 0 spiro atoms. The highest BCUT2D eigenvalue weighted by atomic mass is 19.1. The van der Waals surface area contributed by atoms with Crippen LogP contribution in [0.5, 0.6) is 0 Å². The molecule has 2 aliphatic rings. The van der Waals surface area contributed by atoms with Crippen molar-refractivity contribution in [1.29, 1.82) is 0 Å². The number of hydrogen-bond acceptors (Lipinski definition) is 3. The maximum Gasteiger partial charge on any atom is 0.313 e. The topological polar surface area (TPSA) is 60.8 Å². The Bertz CT molecular complexity index is 543. The fourth-order valence-corrected chi connectivity index (χ4v) is 3.60. The second-order valence-electron chi connectivity index (χ2n) is 6.62. The third-order valence-electron chi connectivity index (χ3n) is 5.26. The fourth-order valence-electron chi connectivity index (χ4n) is 3.60. The lowest BCUT2D eigenvalue weighted by molar-refractivity contribution is -0.165. The van der Waals surface area contributed by atoms with Gasteiger partial charge in [-0.05, 0) is 43.4 Å². The van der Waals surface area contributed by atoms with Gasteiger partial charge in [-0.25, -0.2) is 4.39 Å². The Balaban J connectivity index is 1.84. The molecule has 5 heteroatoms. The molecule has 2 atom stereocenters. The second-order valence-corrected chi connectivity index (χ2v) is 6.62. The van der Waals surface area contributed by atoms with Gasteiger partial charge >= 0.3 is 5.97 Å². The van der Waals surface area contributed by atoms with Crippen molar-refractivity contribution in [1.82, 2.24) is 4.90 Å². The van der Waals surface area contributed by atoms with Crippen molar-refractivity contribution < 1.29 is 19.4 Å². The molecule has 1 heterocycles. The predicted octanol–water partition coefficient (Wildman–Crippen LogP) is 2.06. The Morgan fingerprint density at radius 1 is 1.27 bits per heavy atom. The van der Waals surface area contributed by atoms with Gasteiger partial charge in [0.25, 0.3) is 0 Å². The number of piperidine rings is 1. The van der Waals surface area contributed by atoms with E-state index >= 15 is 0 Å². The first kappa shape index (κ1) is 15.4. The van der Waals surface area contributed by atoms with E-state index in [1.165, 1.54) is 18.6 Å². The molecule has 0 bridgehead atoms. The summed E-state index contributed by atoms with van der Waals surface area (Å²) < 4.78 is 13.0. The molecule has 2 fully saturated rings. The zero-order valence-corrected chi connectivity index (χ0v) is 12.5. The first-order chi connectivity index (χ1) is 10.5. The molecule has 0 aromatic heterocycles. The van der Waals surface area contributed by atoms with Gasteiger partial charge in [-0.1, -0.05) is 18.6 Å². The number of benzene rings is 1. The smallest absolute Gasteiger partial charge is 0.313 e. The van der Waals surface area contributed by atoms with Gasteiger partial charge in [-0.3, -0.25) is 9.69 Å². The van der Waals surface area contributed by atoms with E-state index in [0.29, 0.717) is 19.0 Å². The van der Waals surface area contributed by atoms with Crippen LogP contribution < -0.4 is 0 Å². The number of aliphatic hydroxyl groups is 1. The van der Waals surface area contributed by atoms with Crippen LogP contribution in [0.2, 0.25) is 0 Å². The minimum absolute atomic E-state index is 0.229. The summed E-state index contributed by atoms with van der Waals surface area (Å²) in [4.78, 5) is 14.2. The van der Waals surface area contributed by atoms with Crippen LogP contribution in [-0.4, -0.2) is 46.3 Å². The van der Waals surface area contributed by atoms with E-state index in [-0.39, 0.29) is 12.2 Å². The molecular weight excluding hydrogens is 285 g/mol. The molecule has 2 N–H and O–H groups in total. The summed E-state index contributed by atoms with van der Waals surface area (Å²) in [5.41, 5.74) is -0.454. The van der Waals surface area contributed by atoms with Crippen molar-refractivity contribution in [2.45, 2.75) is 44.2 Å². The second kappa shape index (κ2) is 5.97. The fraction of sp³-hybridized carbons (Fsp3) is 0.588. The number of carbonyl (C=O) groups is 1. The van der Waals surface area contributed by atoms with Crippen LogP contribution in [0.4, 0.5) is 4.39 Å². The van der Waals surface area contributed by atoms with Crippen LogP contribution in [0.3, 0.4) is 0 Å². The highest BCUT2D eigenvalue weighted by Crippen LogP contribution is 2.38. The van der Waals surface area contributed by atoms with Gasteiger partial charge in [0, 0.05) is 19.1 Å². The summed E-state index contributed by atoms with van der Waals surface area (Å²) >= 11 is 0. The van der Waals surface area contributed by atoms with Gasteiger partial charge in [0.15, 0.2) is 0 Å². The summed E-state index contributed by atoms with van der Waals surface area (Å²) in [5, 5.41) is 20.2.